The van der Waals surface area contributed by atoms with Crippen molar-refractivity contribution in [3.8, 4) is 5.75 Å². The molecule has 1 aliphatic rings. The van der Waals surface area contributed by atoms with E-state index in [-0.39, 0.29) is 42.5 Å². The molecule has 0 unspecified atom stereocenters. The van der Waals surface area contributed by atoms with Crippen LogP contribution in [0.1, 0.15) is 35.7 Å². The lowest BCUT2D eigenvalue weighted by Crippen LogP contribution is -2.50. The Balaban J connectivity index is 1.51. The van der Waals surface area contributed by atoms with Gasteiger partial charge in [0.05, 0.1) is 11.5 Å². The molecular formula is C23H28N2O5S. The van der Waals surface area contributed by atoms with Crippen LogP contribution < -0.4 is 4.74 Å². The van der Waals surface area contributed by atoms with Gasteiger partial charge >= 0.3 is 0 Å². The lowest BCUT2D eigenvalue weighted by atomic mass is 10.0. The van der Waals surface area contributed by atoms with E-state index in [4.69, 9.17) is 4.74 Å². The lowest BCUT2D eigenvalue weighted by Gasteiger charge is -2.34. The summed E-state index contributed by atoms with van der Waals surface area (Å²) in [6, 6.07) is 13.6. The molecule has 0 bridgehead atoms. The molecule has 1 saturated heterocycles. The van der Waals surface area contributed by atoms with Crippen molar-refractivity contribution in [1.82, 2.24) is 9.21 Å². The molecule has 2 aromatic rings. The van der Waals surface area contributed by atoms with Crippen molar-refractivity contribution in [2.24, 2.45) is 0 Å². The van der Waals surface area contributed by atoms with Gasteiger partial charge in [0.1, 0.15) is 5.75 Å². The van der Waals surface area contributed by atoms with Gasteiger partial charge in [-0.15, -0.1) is 0 Å². The third kappa shape index (κ3) is 5.71. The maximum Gasteiger partial charge on any atom is 0.243 e. The number of benzene rings is 2. The van der Waals surface area contributed by atoms with E-state index in [1.807, 2.05) is 26.0 Å². The molecule has 0 saturated carbocycles. The number of carbonyl (C=O) groups excluding carboxylic acids is 2. The van der Waals surface area contributed by atoms with E-state index in [2.05, 4.69) is 0 Å². The van der Waals surface area contributed by atoms with E-state index < -0.39 is 10.0 Å². The highest BCUT2D eigenvalue weighted by Crippen LogP contribution is 2.21. The van der Waals surface area contributed by atoms with E-state index >= 15 is 0 Å². The molecular weight excluding hydrogens is 416 g/mol. The van der Waals surface area contributed by atoms with E-state index in [1.54, 1.807) is 29.2 Å². The van der Waals surface area contributed by atoms with Gasteiger partial charge in [-0.3, -0.25) is 9.59 Å². The summed E-state index contributed by atoms with van der Waals surface area (Å²) in [5.74, 6) is 0.431. The number of carbonyl (C=O) groups is 2. The number of nitrogens with zero attached hydrogens (tertiary/aromatic N) is 2. The minimum absolute atomic E-state index is 0.0648. The molecule has 7 nitrogen and oxygen atoms in total. The van der Waals surface area contributed by atoms with Crippen LogP contribution in [0.15, 0.2) is 53.4 Å². The number of piperazine rings is 1. The average Bonchev–Trinajstić information content (AvgIpc) is 2.78. The van der Waals surface area contributed by atoms with Gasteiger partial charge in [0.15, 0.2) is 5.78 Å². The first kappa shape index (κ1) is 23.0. The van der Waals surface area contributed by atoms with E-state index in [0.29, 0.717) is 31.0 Å². The number of hydrogen-bond acceptors (Lipinski definition) is 5. The first-order valence-electron chi connectivity index (χ1n) is 10.4. The molecule has 1 aliphatic heterocycles. The van der Waals surface area contributed by atoms with Gasteiger partial charge < -0.3 is 9.64 Å². The Morgan fingerprint density at radius 3 is 2.10 bits per heavy atom. The van der Waals surface area contributed by atoms with Crippen molar-refractivity contribution in [2.75, 3.05) is 32.8 Å². The smallest absolute Gasteiger partial charge is 0.243 e. The topological polar surface area (TPSA) is 84.0 Å². The molecule has 0 aliphatic carbocycles. The van der Waals surface area contributed by atoms with Crippen molar-refractivity contribution in [3.05, 3.63) is 59.7 Å². The fraction of sp³-hybridized carbons (Fsp3) is 0.391. The molecule has 1 heterocycles. The summed E-state index contributed by atoms with van der Waals surface area (Å²) in [5.41, 5.74) is 1.68. The average molecular weight is 445 g/mol. The number of aryl methyl sites for hydroxylation is 1. The van der Waals surface area contributed by atoms with Crippen LogP contribution in [0.25, 0.3) is 0 Å². The summed E-state index contributed by atoms with van der Waals surface area (Å²) in [6.07, 6.45) is 0.269. The first-order chi connectivity index (χ1) is 14.8. The highest BCUT2D eigenvalue weighted by Gasteiger charge is 2.30. The predicted octanol–water partition coefficient (Wildman–Crippen LogP) is 2.89. The molecule has 166 valence electrons. The van der Waals surface area contributed by atoms with Gasteiger partial charge in [-0.1, -0.05) is 29.8 Å². The maximum atomic E-state index is 12.9. The number of hydrogen-bond donors (Lipinski definition) is 0. The van der Waals surface area contributed by atoms with Crippen molar-refractivity contribution >= 4 is 21.7 Å². The highest BCUT2D eigenvalue weighted by molar-refractivity contribution is 7.89. The molecule has 0 radical (unpaired) electrons. The number of rotatable bonds is 8. The summed E-state index contributed by atoms with van der Waals surface area (Å²) in [5, 5.41) is 0. The molecule has 8 heteroatoms. The third-order valence-corrected chi connectivity index (χ3v) is 7.22. The third-order valence-electron chi connectivity index (χ3n) is 5.30. The zero-order valence-corrected chi connectivity index (χ0v) is 18.7. The summed E-state index contributed by atoms with van der Waals surface area (Å²) in [7, 11) is -3.62. The summed E-state index contributed by atoms with van der Waals surface area (Å²) >= 11 is 0. The Hall–Kier alpha value is -2.71. The van der Waals surface area contributed by atoms with Crippen molar-refractivity contribution in [1.29, 1.82) is 0 Å². The first-order valence-corrected chi connectivity index (χ1v) is 11.9. The van der Waals surface area contributed by atoms with E-state index in [0.717, 1.165) is 5.56 Å². The minimum atomic E-state index is -3.62. The second-order valence-corrected chi connectivity index (χ2v) is 9.42. The fourth-order valence-corrected chi connectivity index (χ4v) is 4.89. The second kappa shape index (κ2) is 10.1. The number of amides is 1. The molecule has 1 fully saturated rings. The molecule has 0 N–H and O–H groups in total. The van der Waals surface area contributed by atoms with Crippen LogP contribution in [0.3, 0.4) is 0 Å². The van der Waals surface area contributed by atoms with Crippen LogP contribution in [-0.2, 0) is 14.8 Å². The fourth-order valence-electron chi connectivity index (χ4n) is 3.46. The standard InChI is InChI=1S/C23H28N2O5S/c1-3-30-20-8-10-21(11-9-20)31(28,29)25-16-14-24(15-17-25)23(27)13-12-22(26)19-6-4-18(2)5-7-19/h4-11H,3,12-17H2,1-2H3. The Labute approximate surface area is 183 Å². The van der Waals surface area contributed by atoms with Crippen LogP contribution >= 0.6 is 0 Å². The minimum Gasteiger partial charge on any atom is -0.494 e. The van der Waals surface area contributed by atoms with Crippen LogP contribution in [0.2, 0.25) is 0 Å². The van der Waals surface area contributed by atoms with Crippen molar-refractivity contribution in [3.63, 3.8) is 0 Å². The van der Waals surface area contributed by atoms with Crippen LogP contribution in [0, 0.1) is 6.92 Å². The number of Topliss-reactive ketones (excluding diaryl/α,β-unsaturated/α-hetero) is 1. The number of sulfonamides is 1. The van der Waals surface area contributed by atoms with Gasteiger partial charge in [-0.2, -0.15) is 4.31 Å². The molecule has 0 spiro atoms. The quantitative estimate of drug-likeness (QED) is 0.585. The van der Waals surface area contributed by atoms with Gasteiger partial charge in [0.2, 0.25) is 15.9 Å². The Kier molecular flexibility index (Phi) is 7.46. The van der Waals surface area contributed by atoms with Crippen molar-refractivity contribution < 1.29 is 22.7 Å². The van der Waals surface area contributed by atoms with Crippen LogP contribution in [-0.4, -0.2) is 62.1 Å². The largest absolute Gasteiger partial charge is 0.494 e. The van der Waals surface area contributed by atoms with Gasteiger partial charge in [0, 0.05) is 44.6 Å². The summed E-state index contributed by atoms with van der Waals surface area (Å²) in [6.45, 7) is 5.41. The maximum absolute atomic E-state index is 12.9. The summed E-state index contributed by atoms with van der Waals surface area (Å²) in [4.78, 5) is 26.6. The molecule has 3 rings (SSSR count). The van der Waals surface area contributed by atoms with E-state index in [9.17, 15) is 18.0 Å². The summed E-state index contributed by atoms with van der Waals surface area (Å²) < 4.78 is 32.5. The Morgan fingerprint density at radius 2 is 1.52 bits per heavy atom. The zero-order chi connectivity index (χ0) is 22.4. The van der Waals surface area contributed by atoms with Crippen LogP contribution in [0.4, 0.5) is 0 Å². The monoisotopic (exact) mass is 444 g/mol. The normalized spacial score (nSPS) is 15.0. The van der Waals surface area contributed by atoms with Gasteiger partial charge in [-0.05, 0) is 38.1 Å². The Morgan fingerprint density at radius 1 is 0.903 bits per heavy atom. The predicted molar refractivity (Wildman–Crippen MR) is 118 cm³/mol. The molecule has 31 heavy (non-hydrogen) atoms. The highest BCUT2D eigenvalue weighted by atomic mass is 32.2. The Bertz CT molecular complexity index is 1010. The zero-order valence-electron chi connectivity index (χ0n) is 17.9. The number of ketones is 1. The van der Waals surface area contributed by atoms with Crippen LogP contribution in [0.5, 0.6) is 5.75 Å². The van der Waals surface area contributed by atoms with Crippen molar-refractivity contribution in [2.45, 2.75) is 31.6 Å². The molecule has 2 aromatic carbocycles. The van der Waals surface area contributed by atoms with Gasteiger partial charge in [0.25, 0.3) is 0 Å². The molecule has 0 aromatic heterocycles. The second-order valence-electron chi connectivity index (χ2n) is 7.48. The SMILES string of the molecule is CCOc1ccc(S(=O)(=O)N2CCN(C(=O)CCC(=O)c3ccc(C)cc3)CC2)cc1. The van der Waals surface area contributed by atoms with E-state index in [1.165, 1.54) is 16.4 Å². The van der Waals surface area contributed by atoms with Gasteiger partial charge in [-0.25, -0.2) is 8.42 Å². The number of ether oxygens (including phenoxy) is 1. The lowest BCUT2D eigenvalue weighted by molar-refractivity contribution is -0.132. The molecule has 0 atom stereocenters. The molecule has 1 amide bonds.